The fourth-order valence-electron chi connectivity index (χ4n) is 4.57. The van der Waals surface area contributed by atoms with Crippen LogP contribution in [0.2, 0.25) is 0 Å². The number of piperidine rings is 1. The number of likely N-dealkylation sites (N-methyl/N-ethyl adjacent to an activating group) is 1. The summed E-state index contributed by atoms with van der Waals surface area (Å²) in [7, 11) is 4.04. The molecule has 1 aromatic carbocycles. The SMILES string of the molecule is Cc1ccc(CNC(=O)[C@@H]2CN(C)CC3(CCN(Cc4cnn(C)c4)CC3)O2)cc1. The third-order valence-corrected chi connectivity index (χ3v) is 6.24. The van der Waals surface area contributed by atoms with Crippen molar-refractivity contribution in [2.75, 3.05) is 33.2 Å². The summed E-state index contributed by atoms with van der Waals surface area (Å²) in [5.74, 6) is -0.0145. The lowest BCUT2D eigenvalue weighted by molar-refractivity contribution is -0.182. The van der Waals surface area contributed by atoms with Crippen LogP contribution in [0.25, 0.3) is 0 Å². The maximum atomic E-state index is 12.8. The van der Waals surface area contributed by atoms with Gasteiger partial charge in [-0.15, -0.1) is 0 Å². The Morgan fingerprint density at radius 3 is 2.60 bits per heavy atom. The molecule has 2 fully saturated rings. The molecule has 162 valence electrons. The Morgan fingerprint density at radius 1 is 1.20 bits per heavy atom. The van der Waals surface area contributed by atoms with Crippen molar-refractivity contribution >= 4 is 5.91 Å². The van der Waals surface area contributed by atoms with E-state index in [-0.39, 0.29) is 11.5 Å². The molecular weight excluding hydrogens is 378 g/mol. The van der Waals surface area contributed by atoms with E-state index in [1.54, 1.807) is 0 Å². The average Bonchev–Trinajstić information content (AvgIpc) is 3.13. The van der Waals surface area contributed by atoms with E-state index in [1.165, 1.54) is 11.1 Å². The standard InChI is InChI=1S/C23H33N5O2/c1-18-4-6-19(7-5-18)12-24-22(29)21-16-26(2)17-23(30-21)8-10-28(11-9-23)15-20-13-25-27(3)14-20/h4-7,13-14,21H,8-12,15-17H2,1-3H3,(H,24,29)/t21-/m0/s1. The molecule has 1 atom stereocenters. The summed E-state index contributed by atoms with van der Waals surface area (Å²) in [4.78, 5) is 17.5. The molecule has 4 rings (SSSR count). The molecule has 2 aliphatic rings. The maximum absolute atomic E-state index is 12.8. The first-order chi connectivity index (χ1) is 14.4. The highest BCUT2D eigenvalue weighted by atomic mass is 16.5. The zero-order valence-electron chi connectivity index (χ0n) is 18.3. The van der Waals surface area contributed by atoms with Gasteiger partial charge in [-0.1, -0.05) is 29.8 Å². The Morgan fingerprint density at radius 2 is 1.93 bits per heavy atom. The zero-order chi connectivity index (χ0) is 21.1. The van der Waals surface area contributed by atoms with Crippen LogP contribution in [0.15, 0.2) is 36.7 Å². The third-order valence-electron chi connectivity index (χ3n) is 6.24. The molecule has 2 aromatic rings. The van der Waals surface area contributed by atoms with Gasteiger partial charge in [-0.05, 0) is 32.4 Å². The highest BCUT2D eigenvalue weighted by molar-refractivity contribution is 5.81. The van der Waals surface area contributed by atoms with Crippen LogP contribution in [0, 0.1) is 6.92 Å². The monoisotopic (exact) mass is 411 g/mol. The number of rotatable bonds is 5. The molecule has 0 aliphatic carbocycles. The van der Waals surface area contributed by atoms with Crippen LogP contribution >= 0.6 is 0 Å². The van der Waals surface area contributed by atoms with Gasteiger partial charge in [0.05, 0.1) is 11.8 Å². The summed E-state index contributed by atoms with van der Waals surface area (Å²) < 4.78 is 8.31. The fourth-order valence-corrected chi connectivity index (χ4v) is 4.57. The van der Waals surface area contributed by atoms with Gasteiger partial charge in [-0.3, -0.25) is 14.4 Å². The van der Waals surface area contributed by atoms with Gasteiger partial charge in [-0.25, -0.2) is 0 Å². The zero-order valence-corrected chi connectivity index (χ0v) is 18.3. The van der Waals surface area contributed by atoms with Gasteiger partial charge in [0.15, 0.2) is 0 Å². The number of amides is 1. The van der Waals surface area contributed by atoms with Crippen molar-refractivity contribution in [2.24, 2.45) is 7.05 Å². The van der Waals surface area contributed by atoms with Gasteiger partial charge in [-0.2, -0.15) is 5.10 Å². The number of aryl methyl sites for hydroxylation is 2. The van der Waals surface area contributed by atoms with E-state index in [0.29, 0.717) is 13.1 Å². The lowest BCUT2D eigenvalue weighted by Crippen LogP contribution is -2.61. The number of hydrogen-bond acceptors (Lipinski definition) is 5. The van der Waals surface area contributed by atoms with Crippen LogP contribution in [0.1, 0.15) is 29.5 Å². The van der Waals surface area contributed by atoms with Crippen molar-refractivity contribution in [3.63, 3.8) is 0 Å². The molecule has 0 saturated carbocycles. The molecule has 1 spiro atoms. The minimum Gasteiger partial charge on any atom is -0.359 e. The topological polar surface area (TPSA) is 62.6 Å². The lowest BCUT2D eigenvalue weighted by Gasteiger charge is -2.48. The third kappa shape index (κ3) is 5.09. The highest BCUT2D eigenvalue weighted by Crippen LogP contribution is 2.32. The van der Waals surface area contributed by atoms with E-state index in [9.17, 15) is 4.79 Å². The van der Waals surface area contributed by atoms with Crippen molar-refractivity contribution in [1.82, 2.24) is 24.9 Å². The average molecular weight is 412 g/mol. The van der Waals surface area contributed by atoms with Crippen LogP contribution < -0.4 is 5.32 Å². The number of nitrogens with one attached hydrogen (secondary N) is 1. The summed E-state index contributed by atoms with van der Waals surface area (Å²) >= 11 is 0. The second-order valence-electron chi connectivity index (χ2n) is 8.99. The number of ether oxygens (including phenoxy) is 1. The first kappa shape index (κ1) is 21.0. The van der Waals surface area contributed by atoms with Crippen molar-refractivity contribution in [1.29, 1.82) is 0 Å². The molecule has 1 N–H and O–H groups in total. The molecule has 7 nitrogen and oxygen atoms in total. The minimum atomic E-state index is -0.418. The normalized spacial score (nSPS) is 22.3. The van der Waals surface area contributed by atoms with Gasteiger partial charge in [0, 0.05) is 58.1 Å². The second-order valence-corrected chi connectivity index (χ2v) is 8.99. The maximum Gasteiger partial charge on any atom is 0.250 e. The molecular formula is C23H33N5O2. The number of hydrogen-bond donors (Lipinski definition) is 1. The van der Waals surface area contributed by atoms with Gasteiger partial charge < -0.3 is 15.0 Å². The number of aromatic nitrogens is 2. The first-order valence-corrected chi connectivity index (χ1v) is 10.8. The number of morpholine rings is 1. The van der Waals surface area contributed by atoms with E-state index in [4.69, 9.17) is 4.74 Å². The molecule has 7 heteroatoms. The van der Waals surface area contributed by atoms with Gasteiger partial charge in [0.25, 0.3) is 5.91 Å². The molecule has 0 bridgehead atoms. The van der Waals surface area contributed by atoms with E-state index < -0.39 is 6.10 Å². The van der Waals surface area contributed by atoms with Crippen LogP contribution in [-0.2, 0) is 29.7 Å². The summed E-state index contributed by atoms with van der Waals surface area (Å²) in [5.41, 5.74) is 3.34. The quantitative estimate of drug-likeness (QED) is 0.812. The number of carbonyl (C=O) groups excluding carboxylic acids is 1. The Balaban J connectivity index is 1.31. The van der Waals surface area contributed by atoms with Crippen LogP contribution in [-0.4, -0.2) is 70.4 Å². The molecule has 0 unspecified atom stereocenters. The highest BCUT2D eigenvalue weighted by Gasteiger charge is 2.44. The minimum absolute atomic E-state index is 0.0145. The molecule has 3 heterocycles. The Labute approximate surface area is 179 Å². The second kappa shape index (κ2) is 8.88. The number of benzene rings is 1. The predicted molar refractivity (Wildman–Crippen MR) is 116 cm³/mol. The summed E-state index contributed by atoms with van der Waals surface area (Å²) in [6.07, 6.45) is 5.48. The number of carbonyl (C=O) groups is 1. The first-order valence-electron chi connectivity index (χ1n) is 10.8. The molecule has 30 heavy (non-hydrogen) atoms. The van der Waals surface area contributed by atoms with E-state index >= 15 is 0 Å². The number of likely N-dealkylation sites (tertiary alicyclic amines) is 1. The van der Waals surface area contributed by atoms with Crippen molar-refractivity contribution in [2.45, 2.75) is 44.6 Å². The van der Waals surface area contributed by atoms with Crippen LogP contribution in [0.3, 0.4) is 0 Å². The lowest BCUT2D eigenvalue weighted by atomic mass is 9.88. The smallest absolute Gasteiger partial charge is 0.250 e. The Hall–Kier alpha value is -2.22. The Bertz CT molecular complexity index is 855. The molecule has 1 aromatic heterocycles. The van der Waals surface area contributed by atoms with E-state index in [0.717, 1.165) is 44.6 Å². The predicted octanol–water partition coefficient (Wildman–Crippen LogP) is 1.71. The van der Waals surface area contributed by atoms with Crippen LogP contribution in [0.5, 0.6) is 0 Å². The summed E-state index contributed by atoms with van der Waals surface area (Å²) in [5, 5.41) is 7.33. The largest absolute Gasteiger partial charge is 0.359 e. The molecule has 0 radical (unpaired) electrons. The van der Waals surface area contributed by atoms with Crippen LogP contribution in [0.4, 0.5) is 0 Å². The van der Waals surface area contributed by atoms with Crippen molar-refractivity contribution < 1.29 is 9.53 Å². The Kier molecular flexibility index (Phi) is 6.22. The fraction of sp³-hybridized carbons (Fsp3) is 0.565. The van der Waals surface area contributed by atoms with Crippen molar-refractivity contribution in [3.8, 4) is 0 Å². The molecule has 2 aliphatic heterocycles. The van der Waals surface area contributed by atoms with Gasteiger partial charge >= 0.3 is 0 Å². The van der Waals surface area contributed by atoms with Gasteiger partial charge in [0.2, 0.25) is 0 Å². The molecule has 2 saturated heterocycles. The van der Waals surface area contributed by atoms with Gasteiger partial charge in [0.1, 0.15) is 6.10 Å². The van der Waals surface area contributed by atoms with Crippen molar-refractivity contribution in [3.05, 3.63) is 53.3 Å². The molecule has 1 amide bonds. The summed E-state index contributed by atoms with van der Waals surface area (Å²) in [6, 6.07) is 8.26. The summed E-state index contributed by atoms with van der Waals surface area (Å²) in [6.45, 7) is 6.99. The van der Waals surface area contributed by atoms with E-state index in [2.05, 4.69) is 64.6 Å². The number of nitrogens with zero attached hydrogens (tertiary/aromatic N) is 4. The van der Waals surface area contributed by atoms with E-state index in [1.807, 2.05) is 17.9 Å².